The number of carbonyl (C=O) groups is 1. The smallest absolute Gasteiger partial charge is 0.287 e. The lowest BCUT2D eigenvalue weighted by Gasteiger charge is -2.08. The highest BCUT2D eigenvalue weighted by Gasteiger charge is 2.21. The molecule has 0 aliphatic carbocycles. The molecule has 0 saturated heterocycles. The summed E-state index contributed by atoms with van der Waals surface area (Å²) in [6.07, 6.45) is 0. The van der Waals surface area contributed by atoms with E-state index in [9.17, 15) is 13.2 Å². The van der Waals surface area contributed by atoms with Crippen LogP contribution < -0.4 is 5.32 Å². The molecule has 3 rings (SSSR count). The first kappa shape index (κ1) is 18.9. The van der Waals surface area contributed by atoms with Crippen LogP contribution in [0.25, 0.3) is 11.0 Å². The van der Waals surface area contributed by atoms with Gasteiger partial charge >= 0.3 is 0 Å². The van der Waals surface area contributed by atoms with Gasteiger partial charge in [-0.3, -0.25) is 4.79 Å². The van der Waals surface area contributed by atoms with Gasteiger partial charge in [0, 0.05) is 34.9 Å². The largest absolute Gasteiger partial charge is 0.451 e. The maximum Gasteiger partial charge on any atom is 0.287 e. The number of rotatable bonds is 5. The van der Waals surface area contributed by atoms with E-state index >= 15 is 0 Å². The van der Waals surface area contributed by atoms with E-state index < -0.39 is 10.0 Å². The minimum absolute atomic E-state index is 0.212. The number of amides is 1. The molecule has 1 N–H and O–H groups in total. The molecule has 1 aromatic carbocycles. The fourth-order valence-electron chi connectivity index (χ4n) is 2.43. The second-order valence-electron chi connectivity index (χ2n) is 5.89. The van der Waals surface area contributed by atoms with Crippen LogP contribution in [0.15, 0.2) is 39.0 Å². The molecule has 0 aliphatic heterocycles. The quantitative estimate of drug-likeness (QED) is 0.693. The average Bonchev–Trinajstić information content (AvgIpc) is 3.18. The number of nitrogens with one attached hydrogen (secondary N) is 1. The normalized spacial score (nSPS) is 12.0. The molecule has 0 unspecified atom stereocenters. The Morgan fingerprint density at radius 3 is 2.69 bits per heavy atom. The van der Waals surface area contributed by atoms with E-state index in [2.05, 4.69) is 5.32 Å². The highest BCUT2D eigenvalue weighted by atomic mass is 35.5. The van der Waals surface area contributed by atoms with Crippen molar-refractivity contribution >= 4 is 49.8 Å². The first-order valence-electron chi connectivity index (χ1n) is 7.68. The van der Waals surface area contributed by atoms with E-state index in [1.54, 1.807) is 31.2 Å². The van der Waals surface area contributed by atoms with Crippen molar-refractivity contribution in [3.05, 3.63) is 51.6 Å². The topological polar surface area (TPSA) is 79.6 Å². The van der Waals surface area contributed by atoms with Gasteiger partial charge in [-0.25, -0.2) is 12.7 Å². The molecule has 1 amide bonds. The van der Waals surface area contributed by atoms with E-state index in [-0.39, 0.29) is 22.4 Å². The molecule has 138 valence electrons. The summed E-state index contributed by atoms with van der Waals surface area (Å²) in [7, 11) is -0.508. The second kappa shape index (κ2) is 7.03. The van der Waals surface area contributed by atoms with Crippen molar-refractivity contribution in [2.45, 2.75) is 17.7 Å². The van der Waals surface area contributed by atoms with Crippen molar-refractivity contribution in [2.24, 2.45) is 0 Å². The third-order valence-electron chi connectivity index (χ3n) is 3.90. The molecule has 26 heavy (non-hydrogen) atoms. The summed E-state index contributed by atoms with van der Waals surface area (Å²) in [6.45, 7) is 2.01. The summed E-state index contributed by atoms with van der Waals surface area (Å²) in [6, 6.07) is 8.40. The van der Waals surface area contributed by atoms with E-state index in [4.69, 9.17) is 16.0 Å². The standard InChI is InChI=1S/C17H17ClN2O4S2/c1-10-13-8-11(18)4-6-14(13)24-16(10)17(21)19-9-12-5-7-15(25-12)26(22,23)20(2)3/h4-8H,9H2,1-3H3,(H,19,21). The van der Waals surface area contributed by atoms with Gasteiger partial charge in [0.1, 0.15) is 9.79 Å². The molecule has 3 aromatic rings. The van der Waals surface area contributed by atoms with Gasteiger partial charge in [0.2, 0.25) is 0 Å². The number of furan rings is 1. The Morgan fingerprint density at radius 1 is 1.27 bits per heavy atom. The lowest BCUT2D eigenvalue weighted by molar-refractivity contribution is 0.0925. The molecular weight excluding hydrogens is 396 g/mol. The van der Waals surface area contributed by atoms with Crippen LogP contribution in [0.4, 0.5) is 0 Å². The second-order valence-corrected chi connectivity index (χ2v) is 9.87. The monoisotopic (exact) mass is 412 g/mol. The van der Waals surface area contributed by atoms with Crippen LogP contribution in [0.1, 0.15) is 21.0 Å². The molecule has 6 nitrogen and oxygen atoms in total. The number of hydrogen-bond donors (Lipinski definition) is 1. The summed E-state index contributed by atoms with van der Waals surface area (Å²) in [4.78, 5) is 13.2. The Balaban J connectivity index is 1.76. The number of nitrogens with zero attached hydrogens (tertiary/aromatic N) is 1. The molecule has 0 aliphatic rings. The highest BCUT2D eigenvalue weighted by molar-refractivity contribution is 7.91. The van der Waals surface area contributed by atoms with Crippen LogP contribution in [-0.4, -0.2) is 32.7 Å². The molecule has 0 radical (unpaired) electrons. The van der Waals surface area contributed by atoms with E-state index in [0.717, 1.165) is 25.9 Å². The number of benzene rings is 1. The van der Waals surface area contributed by atoms with Crippen molar-refractivity contribution in [1.82, 2.24) is 9.62 Å². The van der Waals surface area contributed by atoms with Crippen LogP contribution in [0.3, 0.4) is 0 Å². The molecule has 9 heteroatoms. The maximum atomic E-state index is 12.4. The molecule has 0 fully saturated rings. The summed E-state index contributed by atoms with van der Waals surface area (Å²) >= 11 is 7.11. The van der Waals surface area contributed by atoms with Gasteiger partial charge in [0.15, 0.2) is 5.76 Å². The number of halogens is 1. The summed E-state index contributed by atoms with van der Waals surface area (Å²) in [5.74, 6) is -0.139. The number of thiophene rings is 1. The summed E-state index contributed by atoms with van der Waals surface area (Å²) in [5, 5.41) is 4.12. The highest BCUT2D eigenvalue weighted by Crippen LogP contribution is 2.28. The minimum atomic E-state index is -3.47. The number of sulfonamides is 1. The third kappa shape index (κ3) is 3.50. The molecule has 0 bridgehead atoms. The first-order chi connectivity index (χ1) is 12.2. The maximum absolute atomic E-state index is 12.4. The van der Waals surface area contributed by atoms with Gasteiger partial charge < -0.3 is 9.73 Å². The van der Waals surface area contributed by atoms with Crippen LogP contribution in [0.5, 0.6) is 0 Å². The van der Waals surface area contributed by atoms with Crippen molar-refractivity contribution in [1.29, 1.82) is 0 Å². The van der Waals surface area contributed by atoms with Gasteiger partial charge in [-0.2, -0.15) is 0 Å². The average molecular weight is 413 g/mol. The van der Waals surface area contributed by atoms with E-state index in [0.29, 0.717) is 16.2 Å². The van der Waals surface area contributed by atoms with Crippen LogP contribution in [0, 0.1) is 6.92 Å². The predicted molar refractivity (Wildman–Crippen MR) is 102 cm³/mol. The molecule has 2 heterocycles. The van der Waals surface area contributed by atoms with Gasteiger partial charge in [0.05, 0.1) is 6.54 Å². The molecular formula is C17H17ClN2O4S2. The Bertz CT molecular complexity index is 1080. The minimum Gasteiger partial charge on any atom is -0.451 e. The number of aryl methyl sites for hydroxylation is 1. The molecule has 0 saturated carbocycles. The fourth-order valence-corrected chi connectivity index (χ4v) is 5.07. The summed E-state index contributed by atoms with van der Waals surface area (Å²) < 4.78 is 31.2. The molecule has 0 atom stereocenters. The van der Waals surface area contributed by atoms with Gasteiger partial charge in [-0.1, -0.05) is 11.6 Å². The molecule has 0 spiro atoms. The Kier molecular flexibility index (Phi) is 5.12. The SMILES string of the molecule is Cc1c(C(=O)NCc2ccc(S(=O)(=O)N(C)C)s2)oc2ccc(Cl)cc12. The zero-order valence-corrected chi connectivity index (χ0v) is 16.8. The Labute approximate surface area is 160 Å². The Morgan fingerprint density at radius 2 is 2.00 bits per heavy atom. The van der Waals surface area contributed by atoms with Crippen LogP contribution >= 0.6 is 22.9 Å². The van der Waals surface area contributed by atoms with Gasteiger partial charge in [-0.15, -0.1) is 11.3 Å². The van der Waals surface area contributed by atoms with Gasteiger partial charge in [-0.05, 0) is 37.3 Å². The molecule has 2 aromatic heterocycles. The Hall–Kier alpha value is -1.87. The van der Waals surface area contributed by atoms with Crippen LogP contribution in [0.2, 0.25) is 5.02 Å². The van der Waals surface area contributed by atoms with E-state index in [1.807, 2.05) is 0 Å². The number of hydrogen-bond acceptors (Lipinski definition) is 5. The zero-order valence-electron chi connectivity index (χ0n) is 14.4. The number of fused-ring (bicyclic) bond motifs is 1. The van der Waals surface area contributed by atoms with Gasteiger partial charge in [0.25, 0.3) is 15.9 Å². The van der Waals surface area contributed by atoms with Crippen molar-refractivity contribution < 1.29 is 17.6 Å². The van der Waals surface area contributed by atoms with Crippen LogP contribution in [-0.2, 0) is 16.6 Å². The lowest BCUT2D eigenvalue weighted by Crippen LogP contribution is -2.22. The third-order valence-corrected chi connectivity index (χ3v) is 7.50. The van der Waals surface area contributed by atoms with Crippen molar-refractivity contribution in [3.8, 4) is 0 Å². The summed E-state index contributed by atoms with van der Waals surface area (Å²) in [5.41, 5.74) is 1.30. The lowest BCUT2D eigenvalue weighted by atomic mass is 10.1. The number of carbonyl (C=O) groups excluding carboxylic acids is 1. The predicted octanol–water partition coefficient (Wildman–Crippen LogP) is 3.64. The van der Waals surface area contributed by atoms with Crippen molar-refractivity contribution in [3.63, 3.8) is 0 Å². The zero-order chi connectivity index (χ0) is 19.1. The fraction of sp³-hybridized carbons (Fsp3) is 0.235. The van der Waals surface area contributed by atoms with Crippen molar-refractivity contribution in [2.75, 3.05) is 14.1 Å². The van der Waals surface area contributed by atoms with E-state index in [1.165, 1.54) is 20.2 Å². The first-order valence-corrected chi connectivity index (χ1v) is 10.3.